The number of benzene rings is 2. The van der Waals surface area contributed by atoms with Crippen LogP contribution in [0.15, 0.2) is 54.2 Å². The quantitative estimate of drug-likeness (QED) is 0.770. The van der Waals surface area contributed by atoms with Crippen LogP contribution in [0.5, 0.6) is 0 Å². The van der Waals surface area contributed by atoms with E-state index < -0.39 is 0 Å². The van der Waals surface area contributed by atoms with Gasteiger partial charge < -0.3 is 16.0 Å². The lowest BCUT2D eigenvalue weighted by molar-refractivity contribution is 0.215. The molecular formula is C23H29N3. The molecule has 0 aliphatic carbocycles. The summed E-state index contributed by atoms with van der Waals surface area (Å²) in [7, 11) is 0. The standard InChI is InChI=1S/C23H29N3/c1-17(14-18-6-8-21(24)9-7-18)26-12-10-19(11-13-26)15-20-16-25-23-5-3-2-4-22(20)23/h2-9,14,19-20,25H,10-13,15-16,24H2,1H3. The molecule has 0 spiro atoms. The second-order valence-corrected chi connectivity index (χ2v) is 7.78. The molecule has 2 aromatic carbocycles. The van der Waals surface area contributed by atoms with Gasteiger partial charge in [0.2, 0.25) is 0 Å². The summed E-state index contributed by atoms with van der Waals surface area (Å²) in [5.41, 5.74) is 12.1. The van der Waals surface area contributed by atoms with Gasteiger partial charge in [-0.3, -0.25) is 0 Å². The lowest BCUT2D eigenvalue weighted by Crippen LogP contribution is -2.32. The lowest BCUT2D eigenvalue weighted by Gasteiger charge is -2.35. The summed E-state index contributed by atoms with van der Waals surface area (Å²) in [4.78, 5) is 2.54. The van der Waals surface area contributed by atoms with Crippen LogP contribution in [-0.4, -0.2) is 24.5 Å². The number of fused-ring (bicyclic) bond motifs is 1. The van der Waals surface area contributed by atoms with Crippen molar-refractivity contribution in [2.24, 2.45) is 5.92 Å². The van der Waals surface area contributed by atoms with Crippen LogP contribution >= 0.6 is 0 Å². The molecule has 1 saturated heterocycles. The lowest BCUT2D eigenvalue weighted by atomic mass is 9.84. The van der Waals surface area contributed by atoms with E-state index in [0.717, 1.165) is 18.2 Å². The average Bonchev–Trinajstić information content (AvgIpc) is 3.07. The van der Waals surface area contributed by atoms with Gasteiger partial charge in [-0.15, -0.1) is 0 Å². The fourth-order valence-corrected chi connectivity index (χ4v) is 4.42. The Bertz CT molecular complexity index is 770. The molecule has 1 atom stereocenters. The van der Waals surface area contributed by atoms with Crippen molar-refractivity contribution in [1.82, 2.24) is 4.90 Å². The minimum atomic E-state index is 0.689. The molecule has 3 heteroatoms. The Balaban J connectivity index is 1.32. The fraction of sp³-hybridized carbons (Fsp3) is 0.391. The van der Waals surface area contributed by atoms with Crippen molar-refractivity contribution in [3.63, 3.8) is 0 Å². The highest BCUT2D eigenvalue weighted by molar-refractivity contribution is 5.57. The molecule has 0 amide bonds. The molecule has 0 radical (unpaired) electrons. The monoisotopic (exact) mass is 347 g/mol. The summed E-state index contributed by atoms with van der Waals surface area (Å²) in [6, 6.07) is 16.9. The summed E-state index contributed by atoms with van der Waals surface area (Å²) < 4.78 is 0. The number of para-hydroxylation sites is 1. The summed E-state index contributed by atoms with van der Waals surface area (Å²) in [5, 5.41) is 3.57. The third-order valence-electron chi connectivity index (χ3n) is 5.98. The second-order valence-electron chi connectivity index (χ2n) is 7.78. The highest BCUT2D eigenvalue weighted by Crippen LogP contribution is 2.37. The molecular weight excluding hydrogens is 318 g/mol. The van der Waals surface area contributed by atoms with Gasteiger partial charge in [0.25, 0.3) is 0 Å². The van der Waals surface area contributed by atoms with Crippen molar-refractivity contribution in [2.75, 3.05) is 30.7 Å². The summed E-state index contributed by atoms with van der Waals surface area (Å²) in [6.07, 6.45) is 6.19. The average molecular weight is 348 g/mol. The SMILES string of the molecule is CC(=Cc1ccc(N)cc1)N1CCC(CC2CNc3ccccc32)CC1. The maximum absolute atomic E-state index is 5.78. The van der Waals surface area contributed by atoms with E-state index in [2.05, 4.69) is 59.6 Å². The first-order chi connectivity index (χ1) is 12.7. The number of allylic oxidation sites excluding steroid dienone is 1. The number of hydrogen-bond donors (Lipinski definition) is 2. The molecule has 2 heterocycles. The fourth-order valence-electron chi connectivity index (χ4n) is 4.42. The van der Waals surface area contributed by atoms with Gasteiger partial charge in [0.05, 0.1) is 0 Å². The minimum absolute atomic E-state index is 0.689. The molecule has 0 bridgehead atoms. The zero-order chi connectivity index (χ0) is 17.9. The van der Waals surface area contributed by atoms with E-state index in [-0.39, 0.29) is 0 Å². The highest BCUT2D eigenvalue weighted by atomic mass is 15.1. The summed E-state index contributed by atoms with van der Waals surface area (Å²) in [6.45, 7) is 5.68. The van der Waals surface area contributed by atoms with E-state index >= 15 is 0 Å². The van der Waals surface area contributed by atoms with Crippen molar-refractivity contribution in [1.29, 1.82) is 0 Å². The van der Waals surface area contributed by atoms with Gasteiger partial charge in [-0.05, 0) is 67.5 Å². The maximum Gasteiger partial charge on any atom is 0.0376 e. The first-order valence-corrected chi connectivity index (χ1v) is 9.80. The van der Waals surface area contributed by atoms with Crippen molar-refractivity contribution in [2.45, 2.75) is 32.1 Å². The number of rotatable bonds is 4. The molecule has 0 aromatic heterocycles. The molecule has 2 aliphatic heterocycles. The van der Waals surface area contributed by atoms with Crippen LogP contribution < -0.4 is 11.1 Å². The van der Waals surface area contributed by atoms with Crippen LogP contribution in [0.2, 0.25) is 0 Å². The largest absolute Gasteiger partial charge is 0.399 e. The number of nitrogen functional groups attached to an aromatic ring is 1. The molecule has 4 rings (SSSR count). The van der Waals surface area contributed by atoms with Crippen molar-refractivity contribution in [3.8, 4) is 0 Å². The number of nitrogens with two attached hydrogens (primary N) is 1. The molecule has 3 nitrogen and oxygen atoms in total. The van der Waals surface area contributed by atoms with E-state index in [0.29, 0.717) is 5.92 Å². The van der Waals surface area contributed by atoms with Crippen molar-refractivity contribution in [3.05, 3.63) is 65.4 Å². The number of nitrogens with zero attached hydrogens (tertiary/aromatic N) is 1. The third kappa shape index (κ3) is 3.72. The van der Waals surface area contributed by atoms with Gasteiger partial charge in [-0.2, -0.15) is 0 Å². The smallest absolute Gasteiger partial charge is 0.0376 e. The van der Waals surface area contributed by atoms with Gasteiger partial charge in [-0.25, -0.2) is 0 Å². The molecule has 2 aliphatic rings. The zero-order valence-electron chi connectivity index (χ0n) is 15.6. The van der Waals surface area contributed by atoms with Crippen LogP contribution in [0.4, 0.5) is 11.4 Å². The maximum atomic E-state index is 5.78. The first-order valence-electron chi connectivity index (χ1n) is 9.80. The topological polar surface area (TPSA) is 41.3 Å². The molecule has 0 saturated carbocycles. The number of anilines is 2. The predicted octanol–water partition coefficient (Wildman–Crippen LogP) is 4.94. The van der Waals surface area contributed by atoms with Crippen LogP contribution in [0, 0.1) is 5.92 Å². The van der Waals surface area contributed by atoms with E-state index in [1.54, 1.807) is 0 Å². The number of hydrogen-bond acceptors (Lipinski definition) is 3. The van der Waals surface area contributed by atoms with Crippen LogP contribution in [0.1, 0.15) is 43.2 Å². The van der Waals surface area contributed by atoms with E-state index in [9.17, 15) is 0 Å². The van der Waals surface area contributed by atoms with Crippen molar-refractivity contribution >= 4 is 17.5 Å². The number of nitrogens with one attached hydrogen (secondary N) is 1. The minimum Gasteiger partial charge on any atom is -0.399 e. The Morgan fingerprint density at radius 1 is 1.12 bits per heavy atom. The van der Waals surface area contributed by atoms with Crippen LogP contribution in [0.3, 0.4) is 0 Å². The number of likely N-dealkylation sites (tertiary alicyclic amines) is 1. The molecule has 1 unspecified atom stereocenters. The predicted molar refractivity (Wildman–Crippen MR) is 111 cm³/mol. The molecule has 136 valence electrons. The summed E-state index contributed by atoms with van der Waals surface area (Å²) >= 11 is 0. The normalized spacial score (nSPS) is 20.7. The molecule has 2 aromatic rings. The molecule has 1 fully saturated rings. The zero-order valence-corrected chi connectivity index (χ0v) is 15.6. The Labute approximate surface area is 156 Å². The van der Waals surface area contributed by atoms with Crippen LogP contribution in [-0.2, 0) is 0 Å². The Morgan fingerprint density at radius 2 is 1.85 bits per heavy atom. The van der Waals surface area contributed by atoms with Gasteiger partial charge in [-0.1, -0.05) is 30.3 Å². The highest BCUT2D eigenvalue weighted by Gasteiger charge is 2.27. The first kappa shape index (κ1) is 17.0. The third-order valence-corrected chi connectivity index (χ3v) is 5.98. The van der Waals surface area contributed by atoms with Gasteiger partial charge >= 0.3 is 0 Å². The van der Waals surface area contributed by atoms with E-state index in [1.807, 2.05) is 12.1 Å². The van der Waals surface area contributed by atoms with Gasteiger partial charge in [0.1, 0.15) is 0 Å². The van der Waals surface area contributed by atoms with Crippen LogP contribution in [0.25, 0.3) is 6.08 Å². The van der Waals surface area contributed by atoms with E-state index in [1.165, 1.54) is 54.9 Å². The van der Waals surface area contributed by atoms with Crippen molar-refractivity contribution < 1.29 is 0 Å². The summed E-state index contributed by atoms with van der Waals surface area (Å²) in [5.74, 6) is 1.53. The molecule has 3 N–H and O–H groups in total. The van der Waals surface area contributed by atoms with Gasteiger partial charge in [0.15, 0.2) is 0 Å². The molecule has 26 heavy (non-hydrogen) atoms. The Morgan fingerprint density at radius 3 is 2.62 bits per heavy atom. The Hall–Kier alpha value is -2.42. The van der Waals surface area contributed by atoms with E-state index in [4.69, 9.17) is 5.73 Å². The Kier molecular flexibility index (Phi) is 4.87. The second kappa shape index (κ2) is 7.45. The van der Waals surface area contributed by atoms with Gasteiger partial charge in [0, 0.05) is 42.6 Å². The number of piperidine rings is 1.